The van der Waals surface area contributed by atoms with Gasteiger partial charge in [0.25, 0.3) is 0 Å². The lowest BCUT2D eigenvalue weighted by molar-refractivity contribution is -0.161. The fourth-order valence-electron chi connectivity index (χ4n) is 6.65. The van der Waals surface area contributed by atoms with Crippen molar-refractivity contribution < 1.29 is 42.4 Å². The largest absolute Gasteiger partial charge is 0.472 e. The minimum atomic E-state index is -4.50. The van der Waals surface area contributed by atoms with Crippen molar-refractivity contribution in [1.82, 2.24) is 5.32 Å². The van der Waals surface area contributed by atoms with Crippen LogP contribution in [0.2, 0.25) is 0 Å². The van der Waals surface area contributed by atoms with Crippen molar-refractivity contribution in [3.63, 3.8) is 0 Å². The highest BCUT2D eigenvalue weighted by molar-refractivity contribution is 7.47. The number of nitrogens with one attached hydrogen (secondary N) is 1. The van der Waals surface area contributed by atoms with Gasteiger partial charge < -0.3 is 19.7 Å². The summed E-state index contributed by atoms with van der Waals surface area (Å²) in [5, 5.41) is 2.60. The van der Waals surface area contributed by atoms with E-state index in [1.807, 2.05) is 0 Å². The molecule has 0 aromatic heterocycles. The molecule has 0 aliphatic rings. The van der Waals surface area contributed by atoms with Gasteiger partial charge in [-0.05, 0) is 12.8 Å². The Morgan fingerprint density at radius 3 is 1.25 bits per heavy atom. The predicted octanol–water partition coefficient (Wildman–Crippen LogP) is 12.9. The van der Waals surface area contributed by atoms with Crippen LogP contribution in [0.4, 0.5) is 0 Å². The van der Waals surface area contributed by atoms with Crippen molar-refractivity contribution in [3.8, 4) is 0 Å². The molecule has 0 aromatic carbocycles. The van der Waals surface area contributed by atoms with Gasteiger partial charge in [0.2, 0.25) is 5.91 Å². The number of hydrogen-bond acceptors (Lipinski definition) is 8. The van der Waals surface area contributed by atoms with Crippen LogP contribution in [0, 0.1) is 5.92 Å². The second kappa shape index (κ2) is 40.3. The fourth-order valence-corrected chi connectivity index (χ4v) is 7.41. The summed E-state index contributed by atoms with van der Waals surface area (Å²) >= 11 is 0. The van der Waals surface area contributed by atoms with Crippen molar-refractivity contribution in [1.29, 1.82) is 0 Å². The molecule has 0 aliphatic carbocycles. The van der Waals surface area contributed by atoms with E-state index in [2.05, 4.69) is 19.2 Å². The summed E-state index contributed by atoms with van der Waals surface area (Å²) in [6.45, 7) is 7.06. The highest BCUT2D eigenvalue weighted by Crippen LogP contribution is 2.43. The molecule has 0 saturated heterocycles. The molecule has 0 aliphatic heterocycles. The number of phosphoric acid groups is 1. The highest BCUT2D eigenvalue weighted by Gasteiger charge is 2.26. The standard InChI is InChI=1S/C45H88NO9P/c1-5-7-9-11-13-15-17-19-21-23-25-27-29-31-33-35-43(47)52-39-42(40-54-56(50,51)53-38-37-46-45(49)41(3)4)55-44(48)36-34-32-30-28-26-24-22-20-18-16-14-12-10-8-6-2/h41-42H,5-40H2,1-4H3,(H,46,49)(H,50,51). The van der Waals surface area contributed by atoms with Gasteiger partial charge >= 0.3 is 19.8 Å². The number of esters is 2. The first kappa shape index (κ1) is 54.5. The minimum absolute atomic E-state index is 0.0412. The molecule has 0 rings (SSSR count). The lowest BCUT2D eigenvalue weighted by Crippen LogP contribution is -2.31. The number of amides is 1. The summed E-state index contributed by atoms with van der Waals surface area (Å²) in [6.07, 6.45) is 36.5. The molecular weight excluding hydrogens is 729 g/mol. The maximum atomic E-state index is 12.7. The van der Waals surface area contributed by atoms with Crippen LogP contribution in [0.25, 0.3) is 0 Å². The molecule has 0 heterocycles. The van der Waals surface area contributed by atoms with Crippen molar-refractivity contribution >= 4 is 25.7 Å². The van der Waals surface area contributed by atoms with Crippen LogP contribution in [0.5, 0.6) is 0 Å². The molecule has 0 bridgehead atoms. The summed E-state index contributed by atoms with van der Waals surface area (Å²) in [7, 11) is -4.50. The Morgan fingerprint density at radius 2 is 0.875 bits per heavy atom. The number of rotatable bonds is 43. The third-order valence-electron chi connectivity index (χ3n) is 10.3. The molecule has 2 atom stereocenters. The molecule has 332 valence electrons. The summed E-state index contributed by atoms with van der Waals surface area (Å²) in [4.78, 5) is 47.1. The molecule has 1 amide bonds. The Hall–Kier alpha value is -1.48. The summed E-state index contributed by atoms with van der Waals surface area (Å²) < 4.78 is 33.5. The van der Waals surface area contributed by atoms with E-state index in [9.17, 15) is 23.8 Å². The third-order valence-corrected chi connectivity index (χ3v) is 11.3. The number of carbonyl (C=O) groups excluding carboxylic acids is 3. The summed E-state index contributed by atoms with van der Waals surface area (Å²) in [6, 6.07) is 0. The normalized spacial score (nSPS) is 13.1. The zero-order valence-electron chi connectivity index (χ0n) is 36.8. The van der Waals surface area contributed by atoms with Gasteiger partial charge in [-0.15, -0.1) is 0 Å². The molecule has 0 aromatic rings. The molecule has 10 nitrogen and oxygen atoms in total. The van der Waals surface area contributed by atoms with Gasteiger partial charge in [0.05, 0.1) is 13.2 Å². The average Bonchev–Trinajstić information content (AvgIpc) is 3.17. The molecule has 0 saturated carbocycles. The van der Waals surface area contributed by atoms with Crippen molar-refractivity contribution in [3.05, 3.63) is 0 Å². The van der Waals surface area contributed by atoms with Gasteiger partial charge in [-0.25, -0.2) is 4.57 Å². The van der Waals surface area contributed by atoms with Crippen LogP contribution in [-0.4, -0.2) is 55.2 Å². The predicted molar refractivity (Wildman–Crippen MR) is 230 cm³/mol. The molecule has 0 fully saturated rings. The van der Waals surface area contributed by atoms with Gasteiger partial charge in [-0.3, -0.25) is 23.4 Å². The van der Waals surface area contributed by atoms with E-state index in [0.717, 1.165) is 38.5 Å². The first-order chi connectivity index (χ1) is 27.1. The van der Waals surface area contributed by atoms with Crippen molar-refractivity contribution in [2.45, 2.75) is 239 Å². The zero-order chi connectivity index (χ0) is 41.4. The van der Waals surface area contributed by atoms with E-state index in [-0.39, 0.29) is 44.4 Å². The number of ether oxygens (including phenoxy) is 2. The van der Waals surface area contributed by atoms with Gasteiger partial charge in [-0.1, -0.05) is 207 Å². The summed E-state index contributed by atoms with van der Waals surface area (Å²) in [5.41, 5.74) is 0. The first-order valence-corrected chi connectivity index (χ1v) is 24.9. The van der Waals surface area contributed by atoms with Gasteiger partial charge in [0.1, 0.15) is 6.61 Å². The van der Waals surface area contributed by atoms with Crippen molar-refractivity contribution in [2.75, 3.05) is 26.4 Å². The molecule has 56 heavy (non-hydrogen) atoms. The minimum Gasteiger partial charge on any atom is -0.462 e. The van der Waals surface area contributed by atoms with E-state index in [1.54, 1.807) is 13.8 Å². The van der Waals surface area contributed by atoms with Crippen LogP contribution >= 0.6 is 7.82 Å². The number of carbonyl (C=O) groups is 3. The van der Waals surface area contributed by atoms with E-state index in [4.69, 9.17) is 18.5 Å². The van der Waals surface area contributed by atoms with Gasteiger partial charge in [0.15, 0.2) is 6.10 Å². The molecule has 0 radical (unpaired) electrons. The molecule has 2 unspecified atom stereocenters. The fraction of sp³-hybridized carbons (Fsp3) is 0.933. The molecule has 11 heteroatoms. The van der Waals surface area contributed by atoms with Crippen molar-refractivity contribution in [2.24, 2.45) is 5.92 Å². The number of hydrogen-bond donors (Lipinski definition) is 2. The Bertz CT molecular complexity index is 964. The third kappa shape index (κ3) is 39.4. The number of phosphoric ester groups is 1. The Balaban J connectivity index is 4.37. The molecule has 0 spiro atoms. The Kier molecular flexibility index (Phi) is 39.2. The van der Waals surface area contributed by atoms with Crippen LogP contribution < -0.4 is 5.32 Å². The maximum Gasteiger partial charge on any atom is 0.472 e. The van der Waals surface area contributed by atoms with Crippen LogP contribution in [-0.2, 0) is 37.5 Å². The van der Waals surface area contributed by atoms with E-state index in [0.29, 0.717) is 6.42 Å². The lowest BCUT2D eigenvalue weighted by Gasteiger charge is -2.20. The zero-order valence-corrected chi connectivity index (χ0v) is 37.7. The monoisotopic (exact) mass is 818 g/mol. The Labute approximate surface area is 344 Å². The second-order valence-corrected chi connectivity index (χ2v) is 17.7. The molecule has 2 N–H and O–H groups in total. The Morgan fingerprint density at radius 1 is 0.518 bits per heavy atom. The topological polar surface area (TPSA) is 137 Å². The first-order valence-electron chi connectivity index (χ1n) is 23.4. The van der Waals surface area contributed by atoms with E-state index in [1.165, 1.54) is 148 Å². The number of unbranched alkanes of at least 4 members (excludes halogenated alkanes) is 28. The summed E-state index contributed by atoms with van der Waals surface area (Å²) in [5.74, 6) is -1.28. The van der Waals surface area contributed by atoms with E-state index >= 15 is 0 Å². The van der Waals surface area contributed by atoms with Gasteiger partial charge in [-0.2, -0.15) is 0 Å². The quantitative estimate of drug-likeness (QED) is 0.0350. The van der Waals surface area contributed by atoms with Gasteiger partial charge in [0, 0.05) is 25.3 Å². The van der Waals surface area contributed by atoms with E-state index < -0.39 is 32.5 Å². The van der Waals surface area contributed by atoms with Crippen LogP contribution in [0.3, 0.4) is 0 Å². The molecular formula is C45H88NO9P. The highest BCUT2D eigenvalue weighted by atomic mass is 31.2. The smallest absolute Gasteiger partial charge is 0.462 e. The SMILES string of the molecule is CCCCCCCCCCCCCCCCCC(=O)OCC(COP(=O)(O)OCCNC(=O)C(C)C)OC(=O)CCCCCCCCCCCCCCCCC. The maximum absolute atomic E-state index is 12.7. The second-order valence-electron chi connectivity index (χ2n) is 16.2. The van der Waals surface area contributed by atoms with Crippen LogP contribution in [0.1, 0.15) is 233 Å². The van der Waals surface area contributed by atoms with Crippen LogP contribution in [0.15, 0.2) is 0 Å². The average molecular weight is 818 g/mol. The lowest BCUT2D eigenvalue weighted by atomic mass is 10.0.